The quantitative estimate of drug-likeness (QED) is 0.906. The number of halogens is 3. The van der Waals surface area contributed by atoms with E-state index in [4.69, 9.17) is 22.1 Å². The lowest BCUT2D eigenvalue weighted by molar-refractivity contribution is 0.418. The van der Waals surface area contributed by atoms with Crippen LogP contribution in [-0.2, 0) is 0 Å². The molecule has 0 atom stereocenters. The van der Waals surface area contributed by atoms with Gasteiger partial charge >= 0.3 is 0 Å². The second kappa shape index (κ2) is 5.01. The summed E-state index contributed by atoms with van der Waals surface area (Å²) >= 11 is 6.02. The summed E-state index contributed by atoms with van der Waals surface area (Å²) in [6.07, 6.45) is 0. The summed E-state index contributed by atoms with van der Waals surface area (Å²) < 4.78 is 31.7. The number of benzene rings is 1. The third kappa shape index (κ3) is 2.76. The van der Waals surface area contributed by atoms with Crippen LogP contribution < -0.4 is 10.5 Å². The van der Waals surface area contributed by atoms with Crippen molar-refractivity contribution in [3.63, 3.8) is 0 Å². The van der Waals surface area contributed by atoms with Gasteiger partial charge in [0.05, 0.1) is 0 Å². The molecule has 0 fully saturated rings. The molecule has 2 N–H and O–H groups in total. The Morgan fingerprint density at radius 1 is 1.11 bits per heavy atom. The highest BCUT2D eigenvalue weighted by molar-refractivity contribution is 6.32. The molecule has 0 aliphatic heterocycles. The number of aryl methyl sites for hydroxylation is 2. The van der Waals surface area contributed by atoms with Crippen molar-refractivity contribution >= 4 is 17.4 Å². The van der Waals surface area contributed by atoms with Crippen LogP contribution in [0.15, 0.2) is 18.2 Å². The van der Waals surface area contributed by atoms with Crippen molar-refractivity contribution in [1.29, 1.82) is 0 Å². The average Bonchev–Trinajstić information content (AvgIpc) is 2.33. The first-order valence-electron chi connectivity index (χ1n) is 5.44. The highest BCUT2D eigenvalue weighted by atomic mass is 35.5. The number of hydrogen-bond donors (Lipinski definition) is 1. The minimum atomic E-state index is -0.923. The summed E-state index contributed by atoms with van der Waals surface area (Å²) in [7, 11) is 0. The van der Waals surface area contributed by atoms with Crippen LogP contribution in [0.4, 0.5) is 14.6 Å². The highest BCUT2D eigenvalue weighted by Gasteiger charge is 2.13. The molecule has 0 amide bonds. The predicted octanol–water partition coefficient (Wildman–Crippen LogP) is 4.00. The minimum absolute atomic E-state index is 0.358. The summed E-state index contributed by atoms with van der Waals surface area (Å²) in [6, 6.07) is 3.90. The minimum Gasteiger partial charge on any atom is -0.436 e. The zero-order chi connectivity index (χ0) is 14.2. The molecule has 100 valence electrons. The molecule has 1 aromatic heterocycles. The Labute approximate surface area is 114 Å². The molecule has 0 saturated carbocycles. The van der Waals surface area contributed by atoms with Gasteiger partial charge < -0.3 is 10.5 Å². The van der Waals surface area contributed by atoms with E-state index in [0.717, 1.165) is 11.1 Å². The number of hydrogen-bond acceptors (Lipinski definition) is 3. The van der Waals surface area contributed by atoms with Crippen molar-refractivity contribution in [1.82, 2.24) is 4.98 Å². The van der Waals surface area contributed by atoms with Crippen LogP contribution in [0.5, 0.6) is 11.6 Å². The van der Waals surface area contributed by atoms with E-state index in [0.29, 0.717) is 16.8 Å². The van der Waals surface area contributed by atoms with Crippen molar-refractivity contribution in [2.24, 2.45) is 0 Å². The van der Waals surface area contributed by atoms with Gasteiger partial charge in [-0.3, -0.25) is 0 Å². The van der Waals surface area contributed by atoms with E-state index in [1.54, 1.807) is 26.0 Å². The Kier molecular flexibility index (Phi) is 3.57. The fourth-order valence-electron chi connectivity index (χ4n) is 1.61. The molecule has 19 heavy (non-hydrogen) atoms. The van der Waals surface area contributed by atoms with Gasteiger partial charge in [-0.2, -0.15) is 4.98 Å². The van der Waals surface area contributed by atoms with Crippen LogP contribution in [0.2, 0.25) is 5.02 Å². The second-order valence-electron chi connectivity index (χ2n) is 4.12. The van der Waals surface area contributed by atoms with Gasteiger partial charge in [-0.05, 0) is 37.1 Å². The summed E-state index contributed by atoms with van der Waals surface area (Å²) in [4.78, 5) is 3.52. The number of nitrogens with two attached hydrogens (primary N) is 1. The molecular formula is C13H11ClF2N2O. The number of nitrogens with zero attached hydrogens (tertiary/aromatic N) is 1. The Balaban J connectivity index is 2.39. The van der Waals surface area contributed by atoms with Gasteiger partial charge in [0, 0.05) is 11.1 Å². The fourth-order valence-corrected chi connectivity index (χ4v) is 1.72. The SMILES string of the molecule is Cc1cc(Oc2nc(N)c(F)cc2F)cc(C)c1Cl. The van der Waals surface area contributed by atoms with Gasteiger partial charge in [0.1, 0.15) is 5.75 Å². The van der Waals surface area contributed by atoms with Crippen molar-refractivity contribution in [2.45, 2.75) is 13.8 Å². The largest absolute Gasteiger partial charge is 0.436 e. The van der Waals surface area contributed by atoms with E-state index < -0.39 is 17.5 Å². The van der Waals surface area contributed by atoms with E-state index in [1.807, 2.05) is 0 Å². The third-order valence-corrected chi connectivity index (χ3v) is 3.15. The standard InChI is InChI=1S/C13H11ClF2N2O/c1-6-3-8(4-7(2)11(6)14)19-13-10(16)5-9(15)12(17)18-13/h3-5H,1-2H3,(H2,17,18). The summed E-state index contributed by atoms with van der Waals surface area (Å²) in [5.74, 6) is -2.28. The number of ether oxygens (including phenoxy) is 1. The zero-order valence-electron chi connectivity index (χ0n) is 10.3. The first kappa shape index (κ1) is 13.5. The highest BCUT2D eigenvalue weighted by Crippen LogP contribution is 2.30. The molecule has 2 rings (SSSR count). The van der Waals surface area contributed by atoms with Crippen LogP contribution in [0, 0.1) is 25.5 Å². The van der Waals surface area contributed by atoms with Gasteiger partial charge in [0.2, 0.25) is 0 Å². The van der Waals surface area contributed by atoms with E-state index in [9.17, 15) is 8.78 Å². The maximum atomic E-state index is 13.5. The van der Waals surface area contributed by atoms with Crippen molar-refractivity contribution in [2.75, 3.05) is 5.73 Å². The van der Waals surface area contributed by atoms with Crippen LogP contribution in [0.25, 0.3) is 0 Å². The Hall–Kier alpha value is -1.88. The van der Waals surface area contributed by atoms with Gasteiger partial charge in [-0.1, -0.05) is 11.6 Å². The molecule has 0 radical (unpaired) electrons. The molecule has 0 saturated heterocycles. The molecule has 1 aromatic carbocycles. The topological polar surface area (TPSA) is 48.1 Å². The first-order chi connectivity index (χ1) is 8.88. The monoisotopic (exact) mass is 284 g/mol. The molecule has 0 unspecified atom stereocenters. The van der Waals surface area contributed by atoms with E-state index in [2.05, 4.69) is 4.98 Å². The Morgan fingerprint density at radius 3 is 2.26 bits per heavy atom. The number of rotatable bonds is 2. The van der Waals surface area contributed by atoms with E-state index in [-0.39, 0.29) is 5.88 Å². The molecular weight excluding hydrogens is 274 g/mol. The number of pyridine rings is 1. The lowest BCUT2D eigenvalue weighted by Crippen LogP contribution is -2.00. The maximum absolute atomic E-state index is 13.5. The van der Waals surface area contributed by atoms with Crippen LogP contribution in [0.1, 0.15) is 11.1 Å². The molecule has 0 aliphatic rings. The Morgan fingerprint density at radius 2 is 1.68 bits per heavy atom. The number of aromatic nitrogens is 1. The zero-order valence-corrected chi connectivity index (χ0v) is 11.1. The number of anilines is 1. The fraction of sp³-hybridized carbons (Fsp3) is 0.154. The summed E-state index contributed by atoms with van der Waals surface area (Å²) in [5.41, 5.74) is 6.84. The summed E-state index contributed by atoms with van der Waals surface area (Å²) in [5, 5.41) is 0.611. The van der Waals surface area contributed by atoms with Gasteiger partial charge in [-0.25, -0.2) is 8.78 Å². The summed E-state index contributed by atoms with van der Waals surface area (Å²) in [6.45, 7) is 3.59. The third-order valence-electron chi connectivity index (χ3n) is 2.55. The van der Waals surface area contributed by atoms with Crippen molar-refractivity contribution < 1.29 is 13.5 Å². The lowest BCUT2D eigenvalue weighted by atomic mass is 10.1. The van der Waals surface area contributed by atoms with Crippen LogP contribution >= 0.6 is 11.6 Å². The normalized spacial score (nSPS) is 10.6. The smallest absolute Gasteiger partial charge is 0.258 e. The molecule has 3 nitrogen and oxygen atoms in total. The molecule has 2 aromatic rings. The maximum Gasteiger partial charge on any atom is 0.258 e. The molecule has 1 heterocycles. The van der Waals surface area contributed by atoms with Crippen LogP contribution in [0.3, 0.4) is 0 Å². The Bertz CT molecular complexity index is 624. The van der Waals surface area contributed by atoms with Gasteiger partial charge in [0.25, 0.3) is 5.88 Å². The van der Waals surface area contributed by atoms with Crippen molar-refractivity contribution in [3.8, 4) is 11.6 Å². The number of nitrogen functional groups attached to an aromatic ring is 1. The second-order valence-corrected chi connectivity index (χ2v) is 4.49. The van der Waals surface area contributed by atoms with Gasteiger partial charge in [-0.15, -0.1) is 0 Å². The van der Waals surface area contributed by atoms with Crippen LogP contribution in [-0.4, -0.2) is 4.98 Å². The van der Waals surface area contributed by atoms with Crippen molar-refractivity contribution in [3.05, 3.63) is 46.0 Å². The van der Waals surface area contributed by atoms with E-state index in [1.165, 1.54) is 0 Å². The van der Waals surface area contributed by atoms with Gasteiger partial charge in [0.15, 0.2) is 17.5 Å². The molecule has 0 aliphatic carbocycles. The average molecular weight is 285 g/mol. The van der Waals surface area contributed by atoms with E-state index >= 15 is 0 Å². The molecule has 6 heteroatoms. The molecule has 0 spiro atoms. The first-order valence-corrected chi connectivity index (χ1v) is 5.82. The lowest BCUT2D eigenvalue weighted by Gasteiger charge is -2.10. The predicted molar refractivity (Wildman–Crippen MR) is 69.6 cm³/mol. The molecule has 0 bridgehead atoms.